The minimum Gasteiger partial charge on any atom is -0.313 e. The van der Waals surface area contributed by atoms with Crippen LogP contribution in [0.15, 0.2) is 261 Å². The molecule has 0 saturated heterocycles. The molecule has 10 aromatic carbocycles. The van der Waals surface area contributed by atoms with Gasteiger partial charge in [0, 0.05) is 83.2 Å². The normalized spacial score (nSPS) is 16.8. The van der Waals surface area contributed by atoms with Crippen LogP contribution in [0.25, 0.3) is 82.5 Å². The fourth-order valence-corrected chi connectivity index (χ4v) is 12.8. The van der Waals surface area contributed by atoms with Gasteiger partial charge in [0.1, 0.15) is 0 Å². The van der Waals surface area contributed by atoms with Crippen molar-refractivity contribution in [2.45, 2.75) is 18.8 Å². The highest BCUT2D eigenvalue weighted by molar-refractivity contribution is 6.13. The first-order valence-corrected chi connectivity index (χ1v) is 25.4. The Kier molecular flexibility index (Phi) is 9.00. The predicted molar refractivity (Wildman–Crippen MR) is 306 cm³/mol. The van der Waals surface area contributed by atoms with Crippen LogP contribution >= 0.6 is 0 Å². The van der Waals surface area contributed by atoms with Gasteiger partial charge in [-0.25, -0.2) is 0 Å². The molecule has 1 fully saturated rings. The summed E-state index contributed by atoms with van der Waals surface area (Å²) in [5, 5.41) is 7.37. The molecule has 1 spiro atoms. The summed E-state index contributed by atoms with van der Waals surface area (Å²) in [5.41, 5.74) is 19.0. The fourth-order valence-electron chi connectivity index (χ4n) is 12.8. The van der Waals surface area contributed by atoms with Gasteiger partial charge >= 0.3 is 0 Å². The molecule has 0 amide bonds. The molecule has 0 radical (unpaired) electrons. The Morgan fingerprint density at radius 3 is 1.26 bits per heavy atom. The zero-order valence-corrected chi connectivity index (χ0v) is 40.4. The Bertz CT molecular complexity index is 4340. The van der Waals surface area contributed by atoms with E-state index in [0.717, 1.165) is 46.1 Å². The quantitative estimate of drug-likeness (QED) is 0.142. The standard InChI is InChI=1S/C68H49N5/c1-3-45-44-68(45)59-24-12-17-29-66(59)73(67(68)4-2)50-36-34-49(35-37-50)72-63-28-16-11-23-56(63)58-43-52(39-41-65(58)72)69(46-18-6-5-7-19-46)51-38-40-64-57(42-51)55-22-10-15-27-62(55)71(64)48-32-30-47(31-33-48)70-60-25-13-8-20-53(60)54-21-9-14-26-61(54)70/h3-43,45H,1,44H2,2H3/b67-4+. The van der Waals surface area contributed by atoms with Crippen molar-refractivity contribution in [1.82, 2.24) is 13.7 Å². The van der Waals surface area contributed by atoms with E-state index in [0.29, 0.717) is 5.92 Å². The summed E-state index contributed by atoms with van der Waals surface area (Å²) in [4.78, 5) is 4.88. The maximum Gasteiger partial charge on any atom is 0.0542 e. The lowest BCUT2D eigenvalue weighted by atomic mass is 9.92. The lowest BCUT2D eigenvalue weighted by Gasteiger charge is -2.26. The molecule has 2 atom stereocenters. The number of rotatable bonds is 8. The number of fused-ring (bicyclic) bond motifs is 11. The molecule has 1 aliphatic carbocycles. The summed E-state index contributed by atoms with van der Waals surface area (Å²) in [6.07, 6.45) is 5.56. The van der Waals surface area contributed by atoms with Gasteiger partial charge in [-0.15, -0.1) is 6.58 Å². The maximum atomic E-state index is 4.21. The average molecular weight is 936 g/mol. The molecule has 346 valence electrons. The number of allylic oxidation sites excluding steroid dienone is 3. The van der Waals surface area contributed by atoms with Crippen molar-refractivity contribution in [2.75, 3.05) is 9.80 Å². The number of hydrogen-bond donors (Lipinski definition) is 0. The Morgan fingerprint density at radius 1 is 0.411 bits per heavy atom. The highest BCUT2D eigenvalue weighted by atomic mass is 15.2. The zero-order chi connectivity index (χ0) is 48.4. The Morgan fingerprint density at radius 2 is 0.808 bits per heavy atom. The van der Waals surface area contributed by atoms with Crippen LogP contribution in [0.2, 0.25) is 0 Å². The van der Waals surface area contributed by atoms with Crippen LogP contribution in [-0.2, 0) is 5.41 Å². The van der Waals surface area contributed by atoms with Gasteiger partial charge < -0.3 is 23.5 Å². The maximum absolute atomic E-state index is 4.21. The molecule has 1 saturated carbocycles. The van der Waals surface area contributed by atoms with E-state index >= 15 is 0 Å². The number of nitrogens with zero attached hydrogens (tertiary/aromatic N) is 5. The van der Waals surface area contributed by atoms with E-state index in [9.17, 15) is 0 Å². The average Bonchev–Trinajstić information content (AvgIpc) is 3.63. The van der Waals surface area contributed by atoms with E-state index in [-0.39, 0.29) is 5.41 Å². The van der Waals surface area contributed by atoms with Crippen molar-refractivity contribution in [1.29, 1.82) is 0 Å². The van der Waals surface area contributed by atoms with E-state index in [4.69, 9.17) is 0 Å². The molecule has 13 aromatic rings. The van der Waals surface area contributed by atoms with Crippen molar-refractivity contribution in [3.8, 4) is 17.1 Å². The fraction of sp³-hybridized carbons (Fsp3) is 0.0588. The summed E-state index contributed by atoms with van der Waals surface area (Å²) in [7, 11) is 0. The molecule has 15 rings (SSSR count). The van der Waals surface area contributed by atoms with Crippen LogP contribution < -0.4 is 9.80 Å². The molecule has 1 aliphatic heterocycles. The van der Waals surface area contributed by atoms with E-state index < -0.39 is 0 Å². The second-order valence-electron chi connectivity index (χ2n) is 19.7. The van der Waals surface area contributed by atoms with Gasteiger partial charge in [0.25, 0.3) is 0 Å². The topological polar surface area (TPSA) is 21.3 Å². The van der Waals surface area contributed by atoms with Gasteiger partial charge in [0.2, 0.25) is 0 Å². The van der Waals surface area contributed by atoms with Gasteiger partial charge in [-0.2, -0.15) is 0 Å². The van der Waals surface area contributed by atoms with E-state index in [2.05, 4.69) is 286 Å². The number of benzene rings is 10. The molecule has 2 aliphatic rings. The minimum absolute atomic E-state index is 0.0121. The second kappa shape index (κ2) is 15.8. The van der Waals surface area contributed by atoms with Crippen molar-refractivity contribution < 1.29 is 0 Å². The molecule has 3 aromatic heterocycles. The van der Waals surface area contributed by atoms with Crippen LogP contribution in [0.3, 0.4) is 0 Å². The summed E-state index contributed by atoms with van der Waals surface area (Å²) < 4.78 is 7.22. The summed E-state index contributed by atoms with van der Waals surface area (Å²) in [6, 6.07) is 86.9. The SMILES string of the molecule is C=CC1CC12/C(=C\C)N(c1ccc(-n3c4ccccc4c4cc(N(c5ccccc5)c5ccc6c(c5)c5ccccc5n6-c5ccc(-n6c7ccccc7c7ccccc76)cc5)ccc43)cc1)c1ccccc12. The third-order valence-corrected chi connectivity index (χ3v) is 16.1. The van der Waals surface area contributed by atoms with Crippen molar-refractivity contribution in [3.63, 3.8) is 0 Å². The molecule has 73 heavy (non-hydrogen) atoms. The van der Waals surface area contributed by atoms with Crippen molar-refractivity contribution in [3.05, 3.63) is 267 Å². The predicted octanol–water partition coefficient (Wildman–Crippen LogP) is 17.9. The number of hydrogen-bond acceptors (Lipinski definition) is 2. The lowest BCUT2D eigenvalue weighted by Crippen LogP contribution is -2.18. The molecule has 5 nitrogen and oxygen atoms in total. The second-order valence-corrected chi connectivity index (χ2v) is 19.7. The highest BCUT2D eigenvalue weighted by Crippen LogP contribution is 2.68. The number of aromatic nitrogens is 3. The third kappa shape index (κ3) is 5.97. The first-order chi connectivity index (χ1) is 36.1. The largest absolute Gasteiger partial charge is 0.313 e. The van der Waals surface area contributed by atoms with E-state index in [1.807, 2.05) is 0 Å². The summed E-state index contributed by atoms with van der Waals surface area (Å²) in [5.74, 6) is 0.447. The summed E-state index contributed by atoms with van der Waals surface area (Å²) in [6.45, 7) is 6.39. The lowest BCUT2D eigenvalue weighted by molar-refractivity contribution is 0.791. The smallest absolute Gasteiger partial charge is 0.0542 e. The Balaban J connectivity index is 0.827. The molecule has 4 heterocycles. The minimum atomic E-state index is 0.0121. The van der Waals surface area contributed by atoms with Crippen LogP contribution in [-0.4, -0.2) is 13.7 Å². The van der Waals surface area contributed by atoms with Crippen molar-refractivity contribution in [2.24, 2.45) is 5.92 Å². The Labute approximate surface area is 423 Å². The first kappa shape index (κ1) is 41.5. The van der Waals surface area contributed by atoms with Crippen molar-refractivity contribution >= 4 is 93.9 Å². The molecule has 0 N–H and O–H groups in total. The van der Waals surface area contributed by atoms with Crippen LogP contribution in [0.1, 0.15) is 18.9 Å². The number of anilines is 5. The monoisotopic (exact) mass is 935 g/mol. The Hall–Kier alpha value is -9.32. The van der Waals surface area contributed by atoms with Gasteiger partial charge in [-0.1, -0.05) is 121 Å². The molecule has 2 unspecified atom stereocenters. The van der Waals surface area contributed by atoms with Gasteiger partial charge in [0.15, 0.2) is 0 Å². The van der Waals surface area contributed by atoms with Crippen LogP contribution in [0.4, 0.5) is 28.4 Å². The molecule has 5 heteroatoms. The van der Waals surface area contributed by atoms with Gasteiger partial charge in [0.05, 0.1) is 38.8 Å². The van der Waals surface area contributed by atoms with E-state index in [1.54, 1.807) is 0 Å². The number of para-hydroxylation sites is 6. The first-order valence-electron chi connectivity index (χ1n) is 25.4. The van der Waals surface area contributed by atoms with Gasteiger partial charge in [-0.3, -0.25) is 0 Å². The summed E-state index contributed by atoms with van der Waals surface area (Å²) >= 11 is 0. The van der Waals surface area contributed by atoms with Crippen LogP contribution in [0, 0.1) is 5.92 Å². The van der Waals surface area contributed by atoms with E-state index in [1.165, 1.54) is 82.5 Å². The third-order valence-electron chi connectivity index (χ3n) is 16.1. The molecular weight excluding hydrogens is 887 g/mol. The molecular formula is C68H49N5. The highest BCUT2D eigenvalue weighted by Gasteiger charge is 2.62. The zero-order valence-electron chi connectivity index (χ0n) is 40.4. The molecule has 0 bridgehead atoms. The van der Waals surface area contributed by atoms with Gasteiger partial charge in [-0.05, 0) is 152 Å². The van der Waals surface area contributed by atoms with Crippen LogP contribution in [0.5, 0.6) is 0 Å².